The normalized spacial score (nSPS) is 13.5. The molecule has 4 rings (SSSR count). The first-order valence-corrected chi connectivity index (χ1v) is 11.1. The van der Waals surface area contributed by atoms with Gasteiger partial charge in [-0.15, -0.1) is 11.3 Å². The summed E-state index contributed by atoms with van der Waals surface area (Å²) in [5.74, 6) is 1.15. The molecular formula is C23H21N5O4S. The van der Waals surface area contributed by atoms with Crippen molar-refractivity contribution in [2.75, 3.05) is 20.2 Å². The zero-order valence-electron chi connectivity index (χ0n) is 18.1. The van der Waals surface area contributed by atoms with Crippen LogP contribution in [0, 0.1) is 21.4 Å². The van der Waals surface area contributed by atoms with Gasteiger partial charge in [0.05, 0.1) is 17.1 Å². The molecule has 0 radical (unpaired) electrons. The van der Waals surface area contributed by atoms with Crippen LogP contribution in [0.1, 0.15) is 28.5 Å². The van der Waals surface area contributed by atoms with Gasteiger partial charge in [-0.25, -0.2) is 9.98 Å². The maximum absolute atomic E-state index is 10.8. The van der Waals surface area contributed by atoms with E-state index in [0.717, 1.165) is 36.8 Å². The molecule has 3 aromatic rings. The number of hydrogen-bond donors (Lipinski definition) is 0. The van der Waals surface area contributed by atoms with E-state index in [0.29, 0.717) is 28.7 Å². The van der Waals surface area contributed by atoms with Crippen molar-refractivity contribution in [2.24, 2.45) is 4.99 Å². The summed E-state index contributed by atoms with van der Waals surface area (Å²) in [5.41, 5.74) is 2.45. The first-order valence-electron chi connectivity index (χ1n) is 10.3. The Morgan fingerprint density at radius 3 is 2.91 bits per heavy atom. The van der Waals surface area contributed by atoms with Gasteiger partial charge in [-0.1, -0.05) is 0 Å². The van der Waals surface area contributed by atoms with E-state index < -0.39 is 4.92 Å². The Balaban J connectivity index is 1.57. The molecule has 0 spiro atoms. The van der Waals surface area contributed by atoms with E-state index in [1.165, 1.54) is 17.0 Å². The molecule has 0 aliphatic carbocycles. The smallest absolute Gasteiger partial charge is 0.287 e. The van der Waals surface area contributed by atoms with Gasteiger partial charge in [0, 0.05) is 36.3 Å². The van der Waals surface area contributed by atoms with Gasteiger partial charge in [-0.05, 0) is 49.7 Å². The fourth-order valence-electron chi connectivity index (χ4n) is 3.47. The molecule has 0 amide bonds. The van der Waals surface area contributed by atoms with E-state index in [4.69, 9.17) is 9.47 Å². The SMILES string of the molecule is CCOc1cc(C=Nc2sc3c(c2C#N)CCN(C)C3)ccc1Oc1ccc([N+](=O)[O-])cn1. The van der Waals surface area contributed by atoms with Gasteiger partial charge < -0.3 is 14.4 Å². The van der Waals surface area contributed by atoms with Crippen molar-refractivity contribution >= 4 is 28.2 Å². The third-order valence-electron chi connectivity index (χ3n) is 5.09. The summed E-state index contributed by atoms with van der Waals surface area (Å²) in [4.78, 5) is 22.3. The number of rotatable bonds is 7. The summed E-state index contributed by atoms with van der Waals surface area (Å²) >= 11 is 1.56. The van der Waals surface area contributed by atoms with Gasteiger partial charge in [0.25, 0.3) is 5.69 Å². The minimum absolute atomic E-state index is 0.113. The van der Waals surface area contributed by atoms with Crippen molar-refractivity contribution in [3.8, 4) is 23.4 Å². The molecule has 9 nitrogen and oxygen atoms in total. The number of nitro groups is 1. The highest BCUT2D eigenvalue weighted by Crippen LogP contribution is 2.38. The molecule has 0 atom stereocenters. The van der Waals surface area contributed by atoms with Crippen LogP contribution in [0.2, 0.25) is 0 Å². The lowest BCUT2D eigenvalue weighted by atomic mass is 10.0. The molecule has 2 aromatic heterocycles. The maximum atomic E-state index is 10.8. The molecule has 10 heteroatoms. The van der Waals surface area contributed by atoms with Gasteiger partial charge in [-0.3, -0.25) is 10.1 Å². The summed E-state index contributed by atoms with van der Waals surface area (Å²) in [5, 5.41) is 21.2. The van der Waals surface area contributed by atoms with Crippen molar-refractivity contribution < 1.29 is 14.4 Å². The predicted molar refractivity (Wildman–Crippen MR) is 125 cm³/mol. The topological polar surface area (TPSA) is 114 Å². The van der Waals surface area contributed by atoms with Gasteiger partial charge in [0.2, 0.25) is 5.88 Å². The maximum Gasteiger partial charge on any atom is 0.287 e. The number of pyridine rings is 1. The molecule has 1 aromatic carbocycles. The standard InChI is InChI=1S/C23H21N5O4S/c1-3-31-20-10-15(4-6-19(20)32-22-7-5-16(13-25-22)28(29)30)12-26-23-18(11-24)17-8-9-27(2)14-21(17)33-23/h4-7,10,12-13H,3,8-9,14H2,1-2H3. The Bertz CT molecular complexity index is 1250. The Labute approximate surface area is 194 Å². The van der Waals surface area contributed by atoms with Crippen molar-refractivity contribution in [3.63, 3.8) is 0 Å². The Hall–Kier alpha value is -3.81. The lowest BCUT2D eigenvalue weighted by Gasteiger charge is -2.21. The summed E-state index contributed by atoms with van der Waals surface area (Å²) < 4.78 is 11.5. The number of nitrogens with zero attached hydrogens (tertiary/aromatic N) is 5. The largest absolute Gasteiger partial charge is 0.490 e. The average molecular weight is 464 g/mol. The zero-order valence-corrected chi connectivity index (χ0v) is 19.0. The molecule has 1 aliphatic heterocycles. The molecule has 0 saturated heterocycles. The Kier molecular flexibility index (Phi) is 6.63. The van der Waals surface area contributed by atoms with Crippen molar-refractivity contribution in [3.05, 3.63) is 68.2 Å². The minimum Gasteiger partial charge on any atom is -0.490 e. The van der Waals surface area contributed by atoms with E-state index in [-0.39, 0.29) is 11.6 Å². The van der Waals surface area contributed by atoms with Gasteiger partial charge in [0.15, 0.2) is 11.5 Å². The van der Waals surface area contributed by atoms with Crippen LogP contribution >= 0.6 is 11.3 Å². The molecule has 3 heterocycles. The lowest BCUT2D eigenvalue weighted by Crippen LogP contribution is -2.25. The first-order chi connectivity index (χ1) is 16.0. The van der Waals surface area contributed by atoms with E-state index in [9.17, 15) is 15.4 Å². The minimum atomic E-state index is -0.517. The highest BCUT2D eigenvalue weighted by atomic mass is 32.1. The number of fused-ring (bicyclic) bond motifs is 1. The van der Waals surface area contributed by atoms with Crippen LogP contribution < -0.4 is 9.47 Å². The van der Waals surface area contributed by atoms with Crippen LogP contribution in [0.4, 0.5) is 10.7 Å². The Morgan fingerprint density at radius 1 is 1.36 bits per heavy atom. The van der Waals surface area contributed by atoms with Crippen LogP contribution in [0.25, 0.3) is 0 Å². The molecule has 0 N–H and O–H groups in total. The van der Waals surface area contributed by atoms with Crippen LogP contribution in [0.5, 0.6) is 17.4 Å². The highest BCUT2D eigenvalue weighted by Gasteiger charge is 2.22. The van der Waals surface area contributed by atoms with Gasteiger partial charge in [-0.2, -0.15) is 5.26 Å². The second-order valence-corrected chi connectivity index (χ2v) is 8.48. The highest BCUT2D eigenvalue weighted by molar-refractivity contribution is 7.16. The zero-order chi connectivity index (χ0) is 23.4. The average Bonchev–Trinajstić information content (AvgIpc) is 3.16. The van der Waals surface area contributed by atoms with E-state index in [1.54, 1.807) is 29.7 Å². The summed E-state index contributed by atoms with van der Waals surface area (Å²) in [6.07, 6.45) is 3.71. The van der Waals surface area contributed by atoms with Crippen LogP contribution in [0.3, 0.4) is 0 Å². The molecule has 168 valence electrons. The van der Waals surface area contributed by atoms with Crippen molar-refractivity contribution in [2.45, 2.75) is 19.9 Å². The van der Waals surface area contributed by atoms with Crippen molar-refractivity contribution in [1.29, 1.82) is 5.26 Å². The number of aromatic nitrogens is 1. The predicted octanol–water partition coefficient (Wildman–Crippen LogP) is 4.85. The molecule has 0 saturated carbocycles. The summed E-state index contributed by atoms with van der Waals surface area (Å²) in [6, 6.07) is 10.4. The molecule has 0 unspecified atom stereocenters. The monoisotopic (exact) mass is 463 g/mol. The number of ether oxygens (including phenoxy) is 2. The molecule has 0 fully saturated rings. The number of aliphatic imine (C=N–C) groups is 1. The van der Waals surface area contributed by atoms with Gasteiger partial charge >= 0.3 is 0 Å². The number of thiophene rings is 1. The number of likely N-dealkylation sites (N-methyl/N-ethyl adjacent to an activating group) is 1. The molecular weight excluding hydrogens is 442 g/mol. The fourth-order valence-corrected chi connectivity index (χ4v) is 4.69. The quantitative estimate of drug-likeness (QED) is 0.279. The van der Waals surface area contributed by atoms with Crippen LogP contribution in [0.15, 0.2) is 41.5 Å². The Morgan fingerprint density at radius 2 is 2.21 bits per heavy atom. The van der Waals surface area contributed by atoms with Gasteiger partial charge in [0.1, 0.15) is 17.3 Å². The fraction of sp³-hybridized carbons (Fsp3) is 0.261. The van der Waals surface area contributed by atoms with Crippen molar-refractivity contribution in [1.82, 2.24) is 9.88 Å². The van der Waals surface area contributed by atoms with E-state index in [2.05, 4.69) is 28.0 Å². The molecule has 0 bridgehead atoms. The number of nitriles is 1. The first kappa shape index (κ1) is 22.4. The third-order valence-corrected chi connectivity index (χ3v) is 6.21. The molecule has 33 heavy (non-hydrogen) atoms. The summed E-state index contributed by atoms with van der Waals surface area (Å²) in [7, 11) is 2.07. The number of benzene rings is 1. The third kappa shape index (κ3) is 5.00. The second kappa shape index (κ2) is 9.77. The number of hydrogen-bond acceptors (Lipinski definition) is 9. The van der Waals surface area contributed by atoms with Crippen LogP contribution in [-0.4, -0.2) is 41.2 Å². The second-order valence-electron chi connectivity index (χ2n) is 7.39. The lowest BCUT2D eigenvalue weighted by molar-refractivity contribution is -0.385. The van der Waals surface area contributed by atoms with E-state index in [1.807, 2.05) is 13.0 Å². The van der Waals surface area contributed by atoms with Crippen LogP contribution in [-0.2, 0) is 13.0 Å². The summed E-state index contributed by atoms with van der Waals surface area (Å²) in [6.45, 7) is 4.06. The molecule has 1 aliphatic rings. The van der Waals surface area contributed by atoms with E-state index >= 15 is 0 Å².